The molecule has 0 amide bonds. The predicted molar refractivity (Wildman–Crippen MR) is 85.1 cm³/mol. The van der Waals surface area contributed by atoms with E-state index >= 15 is 0 Å². The minimum absolute atomic E-state index is 0.152. The molecule has 5 heteroatoms. The Balaban J connectivity index is 2.41. The van der Waals surface area contributed by atoms with Crippen LogP contribution in [0.3, 0.4) is 0 Å². The monoisotopic (exact) mass is 357 g/mol. The molecular formula is C15H17BrFNOS. The molecule has 1 aromatic heterocycles. The molecule has 0 fully saturated rings. The molecule has 2 nitrogen and oxygen atoms in total. The second-order valence-corrected chi connectivity index (χ2v) is 6.28. The van der Waals surface area contributed by atoms with Gasteiger partial charge in [-0.05, 0) is 41.0 Å². The number of rotatable bonds is 6. The summed E-state index contributed by atoms with van der Waals surface area (Å²) in [5, 5.41) is 5.41. The largest absolute Gasteiger partial charge is 0.494 e. The lowest BCUT2D eigenvalue weighted by atomic mass is 10.0. The topological polar surface area (TPSA) is 21.3 Å². The fourth-order valence-electron chi connectivity index (χ4n) is 2.04. The first-order chi connectivity index (χ1) is 9.67. The van der Waals surface area contributed by atoms with Gasteiger partial charge in [0, 0.05) is 20.3 Å². The van der Waals surface area contributed by atoms with Crippen molar-refractivity contribution in [1.29, 1.82) is 0 Å². The highest BCUT2D eigenvalue weighted by Crippen LogP contribution is 2.33. The molecule has 0 saturated heterocycles. The van der Waals surface area contributed by atoms with Gasteiger partial charge in [-0.15, -0.1) is 11.3 Å². The summed E-state index contributed by atoms with van der Waals surface area (Å²) in [5.41, 5.74) is 0.618. The molecule has 1 aromatic carbocycles. The number of ether oxygens (including phenoxy) is 1. The fraction of sp³-hybridized carbons (Fsp3) is 0.333. The molecule has 0 saturated carbocycles. The lowest BCUT2D eigenvalue weighted by Crippen LogP contribution is -2.23. The molecule has 2 aromatic rings. The summed E-state index contributed by atoms with van der Waals surface area (Å²) in [7, 11) is 1.48. The third-order valence-corrected chi connectivity index (χ3v) is 4.75. The van der Waals surface area contributed by atoms with Crippen LogP contribution in [0.15, 0.2) is 34.1 Å². The highest BCUT2D eigenvalue weighted by atomic mass is 79.9. The normalized spacial score (nSPS) is 12.4. The molecule has 0 bridgehead atoms. The average Bonchev–Trinajstić information content (AvgIpc) is 2.87. The van der Waals surface area contributed by atoms with Crippen molar-refractivity contribution in [3.8, 4) is 5.75 Å². The van der Waals surface area contributed by atoms with Gasteiger partial charge in [0.2, 0.25) is 0 Å². The molecule has 1 N–H and O–H groups in total. The Morgan fingerprint density at radius 1 is 1.45 bits per heavy atom. The van der Waals surface area contributed by atoms with Crippen LogP contribution in [0.2, 0.25) is 0 Å². The van der Waals surface area contributed by atoms with E-state index in [0.717, 1.165) is 22.3 Å². The predicted octanol–water partition coefficient (Wildman–Crippen LogP) is 4.75. The molecule has 0 spiro atoms. The van der Waals surface area contributed by atoms with E-state index in [1.165, 1.54) is 7.11 Å². The van der Waals surface area contributed by atoms with Crippen molar-refractivity contribution in [2.75, 3.05) is 13.7 Å². The summed E-state index contributed by atoms with van der Waals surface area (Å²) in [6, 6.07) is 7.14. The van der Waals surface area contributed by atoms with E-state index in [0.29, 0.717) is 5.56 Å². The van der Waals surface area contributed by atoms with Gasteiger partial charge in [0.25, 0.3) is 0 Å². The van der Waals surface area contributed by atoms with Crippen molar-refractivity contribution in [3.63, 3.8) is 0 Å². The van der Waals surface area contributed by atoms with Crippen LogP contribution in [0.4, 0.5) is 4.39 Å². The average molecular weight is 358 g/mol. The van der Waals surface area contributed by atoms with Crippen LogP contribution in [0.5, 0.6) is 5.75 Å². The Morgan fingerprint density at radius 3 is 2.85 bits per heavy atom. The lowest BCUT2D eigenvalue weighted by Gasteiger charge is -2.19. The number of thiophene rings is 1. The molecular weight excluding hydrogens is 341 g/mol. The molecule has 1 unspecified atom stereocenters. The first-order valence-corrected chi connectivity index (χ1v) is 8.14. The third kappa shape index (κ3) is 3.40. The first kappa shape index (κ1) is 15.5. The molecule has 0 aliphatic rings. The van der Waals surface area contributed by atoms with Gasteiger partial charge in [-0.2, -0.15) is 0 Å². The van der Waals surface area contributed by atoms with Crippen molar-refractivity contribution < 1.29 is 9.13 Å². The SMILES string of the molecule is CCCNC(c1cc(Br)cs1)c1cccc(OC)c1F. The van der Waals surface area contributed by atoms with Crippen LogP contribution < -0.4 is 10.1 Å². The molecule has 108 valence electrons. The zero-order valence-corrected chi connectivity index (χ0v) is 13.9. The second kappa shape index (κ2) is 7.20. The first-order valence-electron chi connectivity index (χ1n) is 6.47. The van der Waals surface area contributed by atoms with Crippen molar-refractivity contribution >= 4 is 27.3 Å². The summed E-state index contributed by atoms with van der Waals surface area (Å²) in [6.07, 6.45) is 0.995. The van der Waals surface area contributed by atoms with Crippen molar-refractivity contribution in [2.24, 2.45) is 0 Å². The molecule has 0 aliphatic carbocycles. The summed E-state index contributed by atoms with van der Waals surface area (Å²) >= 11 is 5.06. The van der Waals surface area contributed by atoms with Crippen LogP contribution in [0.1, 0.15) is 29.8 Å². The highest BCUT2D eigenvalue weighted by Gasteiger charge is 2.21. The van der Waals surface area contributed by atoms with E-state index in [9.17, 15) is 4.39 Å². The molecule has 20 heavy (non-hydrogen) atoms. The van der Waals surface area contributed by atoms with Gasteiger partial charge in [0.1, 0.15) is 0 Å². The van der Waals surface area contributed by atoms with Gasteiger partial charge in [-0.1, -0.05) is 19.1 Å². The minimum Gasteiger partial charge on any atom is -0.494 e. The van der Waals surface area contributed by atoms with E-state index in [4.69, 9.17) is 4.74 Å². The Kier molecular flexibility index (Phi) is 5.57. The highest BCUT2D eigenvalue weighted by molar-refractivity contribution is 9.10. The summed E-state index contributed by atoms with van der Waals surface area (Å²) in [5.74, 6) is -0.0189. The number of halogens is 2. The maximum absolute atomic E-state index is 14.5. The summed E-state index contributed by atoms with van der Waals surface area (Å²) in [6.45, 7) is 2.92. The van der Waals surface area contributed by atoms with Crippen molar-refractivity contribution in [3.05, 3.63) is 50.4 Å². The van der Waals surface area contributed by atoms with Crippen LogP contribution in [0.25, 0.3) is 0 Å². The fourth-order valence-corrected chi connectivity index (χ4v) is 3.58. The number of hydrogen-bond acceptors (Lipinski definition) is 3. The van der Waals surface area contributed by atoms with E-state index in [2.05, 4.69) is 28.2 Å². The smallest absolute Gasteiger partial charge is 0.170 e. The van der Waals surface area contributed by atoms with Crippen LogP contribution in [-0.2, 0) is 0 Å². The van der Waals surface area contributed by atoms with Gasteiger partial charge in [0.15, 0.2) is 11.6 Å². The van der Waals surface area contributed by atoms with Crippen LogP contribution >= 0.6 is 27.3 Å². The van der Waals surface area contributed by atoms with E-state index in [1.54, 1.807) is 23.5 Å². The Bertz CT molecular complexity index is 573. The minimum atomic E-state index is -0.298. The lowest BCUT2D eigenvalue weighted by molar-refractivity contribution is 0.381. The maximum Gasteiger partial charge on any atom is 0.170 e. The zero-order chi connectivity index (χ0) is 14.5. The standard InChI is InChI=1S/C15H17BrFNOS/c1-3-7-18-15(13-8-10(16)9-20-13)11-5-4-6-12(19-2)14(11)17/h4-6,8-9,15,18H,3,7H2,1-2H3. The van der Waals surface area contributed by atoms with Crippen molar-refractivity contribution in [2.45, 2.75) is 19.4 Å². The Morgan fingerprint density at radius 2 is 2.25 bits per heavy atom. The zero-order valence-electron chi connectivity index (χ0n) is 11.5. The van der Waals surface area contributed by atoms with Crippen LogP contribution in [0, 0.1) is 5.82 Å². The van der Waals surface area contributed by atoms with Gasteiger partial charge < -0.3 is 10.1 Å². The van der Waals surface area contributed by atoms with Gasteiger partial charge >= 0.3 is 0 Å². The van der Waals surface area contributed by atoms with E-state index < -0.39 is 0 Å². The Hall–Kier alpha value is -0.910. The quantitative estimate of drug-likeness (QED) is 0.805. The van der Waals surface area contributed by atoms with Crippen molar-refractivity contribution in [1.82, 2.24) is 5.32 Å². The Labute approximate surface area is 131 Å². The second-order valence-electron chi connectivity index (χ2n) is 4.42. The van der Waals surface area contributed by atoms with Crippen LogP contribution in [-0.4, -0.2) is 13.7 Å². The molecule has 0 radical (unpaired) electrons. The number of methoxy groups -OCH3 is 1. The van der Waals surface area contributed by atoms with Gasteiger partial charge in [-0.3, -0.25) is 0 Å². The molecule has 2 rings (SSSR count). The number of nitrogens with one attached hydrogen (secondary N) is 1. The maximum atomic E-state index is 14.5. The summed E-state index contributed by atoms with van der Waals surface area (Å²) < 4.78 is 20.6. The van der Waals surface area contributed by atoms with Gasteiger partial charge in [0.05, 0.1) is 13.2 Å². The van der Waals surface area contributed by atoms with Gasteiger partial charge in [-0.25, -0.2) is 4.39 Å². The third-order valence-electron chi connectivity index (χ3n) is 2.99. The molecule has 1 atom stereocenters. The van der Waals surface area contributed by atoms with E-state index in [-0.39, 0.29) is 17.6 Å². The molecule has 0 aliphatic heterocycles. The number of hydrogen-bond donors (Lipinski definition) is 1. The summed E-state index contributed by atoms with van der Waals surface area (Å²) in [4.78, 5) is 1.08. The number of benzene rings is 1. The van der Waals surface area contributed by atoms with E-state index in [1.807, 2.05) is 17.5 Å². The molecule has 1 heterocycles.